The molecule has 0 saturated carbocycles. The van der Waals surface area contributed by atoms with Crippen LogP contribution < -0.4 is 4.72 Å². The van der Waals surface area contributed by atoms with Gasteiger partial charge in [0, 0.05) is 16.8 Å². The molecule has 1 aromatic carbocycles. The monoisotopic (exact) mass is 301 g/mol. The maximum atomic E-state index is 13.0. The minimum atomic E-state index is -3.63. The van der Waals surface area contributed by atoms with Crippen molar-refractivity contribution in [3.05, 3.63) is 52.0 Å². The lowest BCUT2D eigenvalue weighted by atomic mass is 10.2. The zero-order valence-electron chi connectivity index (χ0n) is 9.84. The fraction of sp³-hybridized carbons (Fsp3) is 0.167. The molecule has 102 valence electrons. The summed E-state index contributed by atoms with van der Waals surface area (Å²) in [6.45, 7) is -0.172. The second kappa shape index (κ2) is 5.79. The molecule has 0 radical (unpaired) electrons. The lowest BCUT2D eigenvalue weighted by Gasteiger charge is -2.05. The van der Waals surface area contributed by atoms with Gasteiger partial charge in [-0.1, -0.05) is 12.1 Å². The third kappa shape index (κ3) is 3.60. The number of halogens is 1. The van der Waals surface area contributed by atoms with Crippen LogP contribution in [0, 0.1) is 5.82 Å². The van der Waals surface area contributed by atoms with Crippen LogP contribution in [0.5, 0.6) is 0 Å². The van der Waals surface area contributed by atoms with Gasteiger partial charge in [0.25, 0.3) is 0 Å². The molecule has 2 aromatic rings. The van der Waals surface area contributed by atoms with Crippen LogP contribution in [0.25, 0.3) is 0 Å². The zero-order chi connectivity index (χ0) is 13.9. The Labute approximate surface area is 114 Å². The number of thiophene rings is 1. The molecule has 2 rings (SSSR count). The highest BCUT2D eigenvalue weighted by molar-refractivity contribution is 7.89. The highest BCUT2D eigenvalue weighted by atomic mass is 32.2. The minimum Gasteiger partial charge on any atom is -0.391 e. The van der Waals surface area contributed by atoms with Gasteiger partial charge in [0.2, 0.25) is 10.0 Å². The van der Waals surface area contributed by atoms with Gasteiger partial charge in [-0.05, 0) is 23.8 Å². The van der Waals surface area contributed by atoms with Gasteiger partial charge in [0.05, 0.1) is 11.5 Å². The number of benzene rings is 1. The fourth-order valence-electron chi connectivity index (χ4n) is 1.49. The third-order valence-corrected chi connectivity index (χ3v) is 4.90. The Balaban J connectivity index is 2.09. The van der Waals surface area contributed by atoms with Gasteiger partial charge in [0.15, 0.2) is 0 Å². The van der Waals surface area contributed by atoms with Crippen LogP contribution in [0.2, 0.25) is 0 Å². The number of aliphatic hydroxyl groups excluding tert-OH is 1. The van der Waals surface area contributed by atoms with Crippen molar-refractivity contribution < 1.29 is 17.9 Å². The Bertz CT molecular complexity index is 667. The van der Waals surface area contributed by atoms with Gasteiger partial charge in [-0.15, -0.1) is 11.3 Å². The van der Waals surface area contributed by atoms with Crippen molar-refractivity contribution >= 4 is 21.4 Å². The number of rotatable bonds is 5. The summed E-state index contributed by atoms with van der Waals surface area (Å²) in [7, 11) is -3.63. The molecule has 0 bridgehead atoms. The second-order valence-corrected chi connectivity index (χ2v) is 6.62. The number of aliphatic hydroxyl groups is 1. The predicted molar refractivity (Wildman–Crippen MR) is 70.7 cm³/mol. The highest BCUT2D eigenvalue weighted by Gasteiger charge is 2.15. The molecule has 2 N–H and O–H groups in total. The van der Waals surface area contributed by atoms with Crippen molar-refractivity contribution in [3.63, 3.8) is 0 Å². The molecule has 0 amide bonds. The SMILES string of the molecule is O=S(=O)(NCc1cccc(F)c1)c1csc(CO)c1. The van der Waals surface area contributed by atoms with Crippen LogP contribution in [-0.4, -0.2) is 13.5 Å². The van der Waals surface area contributed by atoms with Crippen LogP contribution in [0.3, 0.4) is 0 Å². The van der Waals surface area contributed by atoms with Crippen LogP contribution in [-0.2, 0) is 23.2 Å². The molecule has 0 saturated heterocycles. The summed E-state index contributed by atoms with van der Waals surface area (Å²) >= 11 is 1.17. The van der Waals surface area contributed by atoms with Crippen LogP contribution in [0.4, 0.5) is 4.39 Å². The van der Waals surface area contributed by atoms with Gasteiger partial charge in [-0.3, -0.25) is 0 Å². The van der Waals surface area contributed by atoms with E-state index in [1.807, 2.05) is 0 Å². The molecule has 0 atom stereocenters. The molecule has 0 aliphatic rings. The van der Waals surface area contributed by atoms with E-state index in [1.54, 1.807) is 6.07 Å². The topological polar surface area (TPSA) is 66.4 Å². The Morgan fingerprint density at radius 3 is 2.74 bits per heavy atom. The quantitative estimate of drug-likeness (QED) is 0.886. The molecule has 1 heterocycles. The lowest BCUT2D eigenvalue weighted by molar-refractivity contribution is 0.285. The highest BCUT2D eigenvalue weighted by Crippen LogP contribution is 2.19. The van der Waals surface area contributed by atoms with Crippen LogP contribution in [0.15, 0.2) is 40.6 Å². The summed E-state index contributed by atoms with van der Waals surface area (Å²) in [4.78, 5) is 0.684. The van der Waals surface area contributed by atoms with Gasteiger partial charge in [0.1, 0.15) is 5.82 Å². The zero-order valence-corrected chi connectivity index (χ0v) is 11.5. The van der Waals surface area contributed by atoms with E-state index in [-0.39, 0.29) is 18.0 Å². The van der Waals surface area contributed by atoms with Crippen molar-refractivity contribution in [1.29, 1.82) is 0 Å². The molecule has 1 aromatic heterocycles. The van der Waals surface area contributed by atoms with E-state index in [0.717, 1.165) is 0 Å². The van der Waals surface area contributed by atoms with Crippen molar-refractivity contribution in [2.24, 2.45) is 0 Å². The van der Waals surface area contributed by atoms with Crippen molar-refractivity contribution in [3.8, 4) is 0 Å². The predicted octanol–water partition coefficient (Wildman–Crippen LogP) is 1.86. The smallest absolute Gasteiger partial charge is 0.241 e. The molecule has 19 heavy (non-hydrogen) atoms. The number of hydrogen-bond donors (Lipinski definition) is 2. The first kappa shape index (κ1) is 14.1. The van der Waals surface area contributed by atoms with Crippen molar-refractivity contribution in [2.75, 3.05) is 0 Å². The largest absolute Gasteiger partial charge is 0.391 e. The molecule has 0 aliphatic carbocycles. The Hall–Kier alpha value is -1.28. The standard InChI is InChI=1S/C12H12FNO3S2/c13-10-3-1-2-9(4-10)6-14-19(16,17)12-5-11(7-15)18-8-12/h1-5,8,14-15H,6-7H2. The van der Waals surface area contributed by atoms with Crippen LogP contribution in [0.1, 0.15) is 10.4 Å². The van der Waals surface area contributed by atoms with E-state index in [9.17, 15) is 12.8 Å². The molecule has 0 spiro atoms. The average molecular weight is 301 g/mol. The van der Waals surface area contributed by atoms with Gasteiger partial charge in [-0.25, -0.2) is 17.5 Å². The Morgan fingerprint density at radius 2 is 2.11 bits per heavy atom. The van der Waals surface area contributed by atoms with Crippen LogP contribution >= 0.6 is 11.3 Å². The Morgan fingerprint density at radius 1 is 1.32 bits per heavy atom. The summed E-state index contributed by atoms with van der Waals surface area (Å²) in [5, 5.41) is 10.4. The average Bonchev–Trinajstić information content (AvgIpc) is 2.86. The normalized spacial score (nSPS) is 11.7. The maximum absolute atomic E-state index is 13.0. The summed E-state index contributed by atoms with van der Waals surface area (Å²) < 4.78 is 39.2. The van der Waals surface area contributed by atoms with Crippen molar-refractivity contribution in [2.45, 2.75) is 18.0 Å². The first-order valence-corrected chi connectivity index (χ1v) is 7.80. The molecule has 0 unspecified atom stereocenters. The molecule has 0 aliphatic heterocycles. The molecule has 4 nitrogen and oxygen atoms in total. The molecule has 0 fully saturated rings. The molecular weight excluding hydrogens is 289 g/mol. The number of hydrogen-bond acceptors (Lipinski definition) is 4. The summed E-state index contributed by atoms with van der Waals surface area (Å²) in [5.74, 6) is -0.408. The first-order valence-electron chi connectivity index (χ1n) is 5.43. The molecule has 7 heteroatoms. The number of nitrogens with one attached hydrogen (secondary N) is 1. The lowest BCUT2D eigenvalue weighted by Crippen LogP contribution is -2.22. The van der Waals surface area contributed by atoms with E-state index in [0.29, 0.717) is 10.4 Å². The molecular formula is C12H12FNO3S2. The van der Waals surface area contributed by atoms with Gasteiger partial charge in [-0.2, -0.15) is 0 Å². The van der Waals surface area contributed by atoms with E-state index in [1.165, 1.54) is 41.0 Å². The van der Waals surface area contributed by atoms with Crippen molar-refractivity contribution in [1.82, 2.24) is 4.72 Å². The van der Waals surface area contributed by atoms with Gasteiger partial charge >= 0.3 is 0 Å². The van der Waals surface area contributed by atoms with E-state index < -0.39 is 15.8 Å². The van der Waals surface area contributed by atoms with E-state index in [4.69, 9.17) is 5.11 Å². The fourth-order valence-corrected chi connectivity index (χ4v) is 3.64. The third-order valence-electron chi connectivity index (χ3n) is 2.45. The second-order valence-electron chi connectivity index (χ2n) is 3.86. The summed E-state index contributed by atoms with van der Waals surface area (Å²) in [6.07, 6.45) is 0. The van der Waals surface area contributed by atoms with E-state index in [2.05, 4.69) is 4.72 Å². The Kier molecular flexibility index (Phi) is 4.31. The minimum absolute atomic E-state index is 0.0183. The first-order chi connectivity index (χ1) is 9.01. The van der Waals surface area contributed by atoms with Gasteiger partial charge < -0.3 is 5.11 Å². The summed E-state index contributed by atoms with van der Waals surface area (Å²) in [5.41, 5.74) is 0.543. The summed E-state index contributed by atoms with van der Waals surface area (Å²) in [6, 6.07) is 7.14. The van der Waals surface area contributed by atoms with E-state index >= 15 is 0 Å². The number of sulfonamides is 1. The maximum Gasteiger partial charge on any atom is 0.241 e.